The Kier molecular flexibility index (Phi) is 4.68. The van der Waals surface area contributed by atoms with Crippen molar-refractivity contribution in [1.82, 2.24) is 14.9 Å². The first kappa shape index (κ1) is 13.2. The molecule has 6 heteroatoms. The van der Waals surface area contributed by atoms with Crippen LogP contribution in [0, 0.1) is 6.92 Å². The van der Waals surface area contributed by atoms with Gasteiger partial charge in [-0.15, -0.1) is 0 Å². The smallest absolute Gasteiger partial charge is 0.241 e. The molecule has 0 saturated heterocycles. The van der Waals surface area contributed by atoms with E-state index in [2.05, 4.69) is 20.6 Å². The van der Waals surface area contributed by atoms with E-state index in [4.69, 9.17) is 0 Å². The van der Waals surface area contributed by atoms with Gasteiger partial charge in [-0.05, 0) is 13.8 Å². The van der Waals surface area contributed by atoms with Crippen molar-refractivity contribution in [3.05, 3.63) is 11.9 Å². The summed E-state index contributed by atoms with van der Waals surface area (Å²) in [5.41, 5.74) is 0. The van der Waals surface area contributed by atoms with Crippen molar-refractivity contribution in [2.24, 2.45) is 0 Å². The molecule has 1 rings (SSSR count). The molecule has 6 nitrogen and oxygen atoms in total. The molecule has 0 saturated carbocycles. The molecule has 1 aromatic heterocycles. The first-order valence-corrected chi connectivity index (χ1v) is 5.58. The van der Waals surface area contributed by atoms with Crippen LogP contribution in [-0.4, -0.2) is 48.0 Å². The summed E-state index contributed by atoms with van der Waals surface area (Å²) >= 11 is 0. The molecular weight excluding hydrogens is 218 g/mol. The molecule has 0 fully saturated rings. The molecule has 0 spiro atoms. The summed E-state index contributed by atoms with van der Waals surface area (Å²) in [6.07, 6.45) is 0. The number of rotatable bonds is 5. The second kappa shape index (κ2) is 6.03. The number of aryl methyl sites for hydroxylation is 1. The Morgan fingerprint density at radius 3 is 2.65 bits per heavy atom. The highest BCUT2D eigenvalue weighted by molar-refractivity contribution is 5.80. The summed E-state index contributed by atoms with van der Waals surface area (Å²) in [6, 6.07) is 1.77. The number of likely N-dealkylation sites (N-methyl/N-ethyl adjacent to an activating group) is 1. The van der Waals surface area contributed by atoms with E-state index in [0.717, 1.165) is 5.82 Å². The van der Waals surface area contributed by atoms with E-state index in [1.807, 2.05) is 13.8 Å². The van der Waals surface area contributed by atoms with Gasteiger partial charge in [-0.25, -0.2) is 9.97 Å². The van der Waals surface area contributed by atoms with Crippen LogP contribution in [-0.2, 0) is 4.79 Å². The lowest BCUT2D eigenvalue weighted by Gasteiger charge is -2.15. The lowest BCUT2D eigenvalue weighted by atomic mass is 10.4. The van der Waals surface area contributed by atoms with Gasteiger partial charge in [0.15, 0.2) is 0 Å². The van der Waals surface area contributed by atoms with Crippen molar-refractivity contribution in [1.29, 1.82) is 0 Å². The number of anilines is 2. The third-order valence-electron chi connectivity index (χ3n) is 2.41. The van der Waals surface area contributed by atoms with Gasteiger partial charge in [-0.2, -0.15) is 0 Å². The van der Waals surface area contributed by atoms with Gasteiger partial charge in [0.05, 0.1) is 6.54 Å². The molecule has 94 valence electrons. The van der Waals surface area contributed by atoms with Gasteiger partial charge in [0.2, 0.25) is 5.91 Å². The van der Waals surface area contributed by atoms with E-state index in [-0.39, 0.29) is 12.5 Å². The molecule has 1 heterocycles. The number of carbonyl (C=O) groups excluding carboxylic acids is 1. The fourth-order valence-electron chi connectivity index (χ4n) is 1.26. The van der Waals surface area contributed by atoms with Gasteiger partial charge in [0, 0.05) is 26.7 Å². The maximum atomic E-state index is 11.6. The molecule has 0 aliphatic rings. The molecule has 0 aliphatic heterocycles. The second-order valence-corrected chi connectivity index (χ2v) is 3.70. The lowest BCUT2D eigenvalue weighted by Crippen LogP contribution is -2.32. The molecule has 0 atom stereocenters. The van der Waals surface area contributed by atoms with Crippen LogP contribution in [0.4, 0.5) is 11.6 Å². The van der Waals surface area contributed by atoms with Gasteiger partial charge < -0.3 is 15.5 Å². The summed E-state index contributed by atoms with van der Waals surface area (Å²) in [5, 5.41) is 5.94. The average Bonchev–Trinajstić information content (AvgIpc) is 2.34. The number of nitrogens with one attached hydrogen (secondary N) is 2. The molecule has 2 N–H and O–H groups in total. The second-order valence-electron chi connectivity index (χ2n) is 3.70. The zero-order valence-electron chi connectivity index (χ0n) is 10.7. The van der Waals surface area contributed by atoms with E-state index in [9.17, 15) is 4.79 Å². The molecule has 17 heavy (non-hydrogen) atoms. The maximum absolute atomic E-state index is 11.6. The van der Waals surface area contributed by atoms with Crippen molar-refractivity contribution in [2.45, 2.75) is 13.8 Å². The van der Waals surface area contributed by atoms with Crippen molar-refractivity contribution >= 4 is 17.5 Å². The topological polar surface area (TPSA) is 70.2 Å². The van der Waals surface area contributed by atoms with Crippen LogP contribution >= 0.6 is 0 Å². The number of carbonyl (C=O) groups is 1. The first-order chi connectivity index (χ1) is 8.06. The normalized spacial score (nSPS) is 9.88. The Hall–Kier alpha value is -1.85. The van der Waals surface area contributed by atoms with Crippen LogP contribution in [0.25, 0.3) is 0 Å². The molecular formula is C11H19N5O. The number of amides is 1. The summed E-state index contributed by atoms with van der Waals surface area (Å²) < 4.78 is 0. The highest BCUT2D eigenvalue weighted by atomic mass is 16.2. The van der Waals surface area contributed by atoms with Gasteiger partial charge >= 0.3 is 0 Å². The van der Waals surface area contributed by atoms with E-state index in [0.29, 0.717) is 18.2 Å². The zero-order chi connectivity index (χ0) is 12.8. The predicted octanol–water partition coefficient (Wildman–Crippen LogP) is 0.717. The minimum atomic E-state index is 0.0368. The molecule has 1 amide bonds. The van der Waals surface area contributed by atoms with Crippen LogP contribution in [0.15, 0.2) is 6.07 Å². The maximum Gasteiger partial charge on any atom is 0.241 e. The molecule has 0 aliphatic carbocycles. The Morgan fingerprint density at radius 1 is 1.41 bits per heavy atom. The van der Waals surface area contributed by atoms with E-state index < -0.39 is 0 Å². The molecule has 0 unspecified atom stereocenters. The summed E-state index contributed by atoms with van der Waals surface area (Å²) in [4.78, 5) is 21.6. The SMILES string of the molecule is CCN(C)C(=O)CNc1cc(NC)nc(C)n1. The summed E-state index contributed by atoms with van der Waals surface area (Å²) in [7, 11) is 3.57. The van der Waals surface area contributed by atoms with Gasteiger partial charge in [0.1, 0.15) is 17.5 Å². The highest BCUT2D eigenvalue weighted by Gasteiger charge is 2.07. The van der Waals surface area contributed by atoms with Crippen LogP contribution in [0.5, 0.6) is 0 Å². The van der Waals surface area contributed by atoms with Crippen LogP contribution < -0.4 is 10.6 Å². The van der Waals surface area contributed by atoms with Gasteiger partial charge in [0.25, 0.3) is 0 Å². The summed E-state index contributed by atoms with van der Waals surface area (Å²) in [5.74, 6) is 2.08. The average molecular weight is 237 g/mol. The third-order valence-corrected chi connectivity index (χ3v) is 2.41. The molecule has 1 aromatic rings. The quantitative estimate of drug-likeness (QED) is 0.789. The Morgan fingerprint density at radius 2 is 2.06 bits per heavy atom. The predicted molar refractivity (Wildman–Crippen MR) is 68.1 cm³/mol. The molecule has 0 bridgehead atoms. The van der Waals surface area contributed by atoms with Crippen LogP contribution in [0.2, 0.25) is 0 Å². The zero-order valence-corrected chi connectivity index (χ0v) is 10.7. The van der Waals surface area contributed by atoms with E-state index >= 15 is 0 Å². The first-order valence-electron chi connectivity index (χ1n) is 5.58. The Bertz CT molecular complexity index is 393. The Labute approximate surface area is 101 Å². The van der Waals surface area contributed by atoms with Gasteiger partial charge in [-0.1, -0.05) is 0 Å². The minimum Gasteiger partial charge on any atom is -0.373 e. The third kappa shape index (κ3) is 3.90. The van der Waals surface area contributed by atoms with E-state index in [1.165, 1.54) is 0 Å². The largest absolute Gasteiger partial charge is 0.373 e. The lowest BCUT2D eigenvalue weighted by molar-refractivity contribution is -0.127. The minimum absolute atomic E-state index is 0.0368. The Balaban J connectivity index is 2.63. The fraction of sp³-hybridized carbons (Fsp3) is 0.545. The fourth-order valence-corrected chi connectivity index (χ4v) is 1.26. The van der Waals surface area contributed by atoms with E-state index in [1.54, 1.807) is 25.1 Å². The number of aromatic nitrogens is 2. The standard InChI is InChI=1S/C11H19N5O/c1-5-16(4)11(17)7-13-10-6-9(12-3)14-8(2)15-10/h6H,5,7H2,1-4H3,(H2,12,13,14,15). The van der Waals surface area contributed by atoms with Crippen molar-refractivity contribution < 1.29 is 4.79 Å². The van der Waals surface area contributed by atoms with Crippen molar-refractivity contribution in [3.63, 3.8) is 0 Å². The summed E-state index contributed by atoms with van der Waals surface area (Å²) in [6.45, 7) is 4.69. The van der Waals surface area contributed by atoms with Crippen LogP contribution in [0.1, 0.15) is 12.7 Å². The number of nitrogens with zero attached hydrogens (tertiary/aromatic N) is 3. The molecule has 0 radical (unpaired) electrons. The van der Waals surface area contributed by atoms with Gasteiger partial charge in [-0.3, -0.25) is 4.79 Å². The number of hydrogen-bond donors (Lipinski definition) is 2. The van der Waals surface area contributed by atoms with Crippen molar-refractivity contribution in [3.8, 4) is 0 Å². The van der Waals surface area contributed by atoms with Crippen LogP contribution in [0.3, 0.4) is 0 Å². The number of hydrogen-bond acceptors (Lipinski definition) is 5. The monoisotopic (exact) mass is 237 g/mol. The van der Waals surface area contributed by atoms with Crippen molar-refractivity contribution in [2.75, 3.05) is 37.8 Å². The molecule has 0 aromatic carbocycles. The highest BCUT2D eigenvalue weighted by Crippen LogP contribution is 2.09.